The van der Waals surface area contributed by atoms with Gasteiger partial charge in [-0.1, -0.05) is 66.7 Å². The number of benzene rings is 3. The molecule has 0 spiro atoms. The summed E-state index contributed by atoms with van der Waals surface area (Å²) in [7, 11) is -3.17. The summed E-state index contributed by atoms with van der Waals surface area (Å²) in [5.74, 6) is 0. The third-order valence-corrected chi connectivity index (χ3v) is 7.72. The van der Waals surface area contributed by atoms with Gasteiger partial charge in [0.15, 0.2) is 0 Å². The van der Waals surface area contributed by atoms with Gasteiger partial charge >= 0.3 is 0 Å². The van der Waals surface area contributed by atoms with E-state index in [1.165, 1.54) is 0 Å². The highest BCUT2D eigenvalue weighted by Crippen LogP contribution is 2.48. The van der Waals surface area contributed by atoms with Gasteiger partial charge < -0.3 is 0 Å². The number of aryl methyl sites for hydroxylation is 4. The van der Waals surface area contributed by atoms with Crippen LogP contribution in [-0.4, -0.2) is 6.21 Å². The van der Waals surface area contributed by atoms with E-state index in [0.717, 1.165) is 38.4 Å². The van der Waals surface area contributed by atoms with Gasteiger partial charge in [-0.25, -0.2) is 4.76 Å². The SMILES string of the molecule is Cc1cccc(C)c1P(=O)(/N=C/c1ccccc1)c1c(C)cccc1C. The zero-order valence-corrected chi connectivity index (χ0v) is 16.6. The lowest BCUT2D eigenvalue weighted by molar-refractivity contribution is 0.588. The molecule has 3 aromatic carbocycles. The minimum absolute atomic E-state index is 0.851. The molecule has 0 aromatic heterocycles. The van der Waals surface area contributed by atoms with Gasteiger partial charge in [-0.3, -0.25) is 4.57 Å². The second-order valence-electron chi connectivity index (χ2n) is 6.71. The van der Waals surface area contributed by atoms with Gasteiger partial charge in [0.2, 0.25) is 7.29 Å². The molecule has 3 heteroatoms. The highest BCUT2D eigenvalue weighted by atomic mass is 31.2. The first-order valence-corrected chi connectivity index (χ1v) is 10.4. The highest BCUT2D eigenvalue weighted by Gasteiger charge is 2.32. The lowest BCUT2D eigenvalue weighted by Gasteiger charge is -2.22. The molecule has 2 nitrogen and oxygen atoms in total. The minimum Gasteiger partial charge on any atom is -0.288 e. The minimum atomic E-state index is -3.17. The Hall–Kier alpha value is -2.44. The average molecular weight is 361 g/mol. The van der Waals surface area contributed by atoms with Gasteiger partial charge in [0, 0.05) is 16.8 Å². The van der Waals surface area contributed by atoms with E-state index in [2.05, 4.69) is 0 Å². The van der Waals surface area contributed by atoms with Crippen molar-refractivity contribution in [1.82, 2.24) is 0 Å². The average Bonchev–Trinajstić information content (AvgIpc) is 2.61. The molecule has 0 heterocycles. The van der Waals surface area contributed by atoms with Gasteiger partial charge in [-0.15, -0.1) is 0 Å². The van der Waals surface area contributed by atoms with Gasteiger partial charge in [0.1, 0.15) is 0 Å². The molecule has 3 aromatic rings. The fraction of sp³-hybridized carbons (Fsp3) is 0.174. The van der Waals surface area contributed by atoms with Crippen LogP contribution in [0.15, 0.2) is 71.5 Å². The third kappa shape index (κ3) is 3.43. The van der Waals surface area contributed by atoms with Crippen molar-refractivity contribution in [2.45, 2.75) is 27.7 Å². The second kappa shape index (κ2) is 7.43. The van der Waals surface area contributed by atoms with Gasteiger partial charge in [-0.05, 0) is 55.5 Å². The number of hydrogen-bond donors (Lipinski definition) is 0. The lowest BCUT2D eigenvalue weighted by atomic mass is 10.1. The van der Waals surface area contributed by atoms with Crippen molar-refractivity contribution in [1.29, 1.82) is 0 Å². The molecule has 0 saturated carbocycles. The van der Waals surface area contributed by atoms with Crippen LogP contribution in [0.4, 0.5) is 0 Å². The first-order valence-electron chi connectivity index (χ1n) is 8.78. The lowest BCUT2D eigenvalue weighted by Crippen LogP contribution is -2.23. The van der Waals surface area contributed by atoms with Crippen LogP contribution in [0, 0.1) is 27.7 Å². The molecule has 0 aliphatic carbocycles. The van der Waals surface area contributed by atoms with Gasteiger partial charge in [-0.2, -0.15) is 0 Å². The number of hydrogen-bond acceptors (Lipinski definition) is 1. The van der Waals surface area contributed by atoms with E-state index >= 15 is 0 Å². The summed E-state index contributed by atoms with van der Waals surface area (Å²) >= 11 is 0. The van der Waals surface area contributed by atoms with Crippen LogP contribution in [0.2, 0.25) is 0 Å². The first kappa shape index (κ1) is 18.4. The van der Waals surface area contributed by atoms with Gasteiger partial charge in [0.05, 0.1) is 0 Å². The molecule has 0 amide bonds. The summed E-state index contributed by atoms with van der Waals surface area (Å²) in [4.78, 5) is 0. The molecule has 0 N–H and O–H groups in total. The van der Waals surface area contributed by atoms with E-state index in [1.54, 1.807) is 6.21 Å². The van der Waals surface area contributed by atoms with Crippen LogP contribution in [0.3, 0.4) is 0 Å². The molecule has 0 aliphatic rings. The van der Waals surface area contributed by atoms with Crippen LogP contribution in [0.5, 0.6) is 0 Å². The maximum atomic E-state index is 14.5. The normalized spacial score (nSPS) is 11.8. The third-order valence-electron chi connectivity index (χ3n) is 4.65. The molecule has 26 heavy (non-hydrogen) atoms. The Balaban J connectivity index is 2.30. The van der Waals surface area contributed by atoms with Crippen molar-refractivity contribution >= 4 is 24.1 Å². The van der Waals surface area contributed by atoms with E-state index < -0.39 is 7.29 Å². The van der Waals surface area contributed by atoms with E-state index in [0.29, 0.717) is 0 Å². The summed E-state index contributed by atoms with van der Waals surface area (Å²) < 4.78 is 19.2. The Morgan fingerprint density at radius 2 is 1.08 bits per heavy atom. The van der Waals surface area contributed by atoms with Crippen LogP contribution < -0.4 is 10.6 Å². The fourth-order valence-electron chi connectivity index (χ4n) is 3.48. The van der Waals surface area contributed by atoms with Crippen LogP contribution >= 0.6 is 7.29 Å². The zero-order valence-electron chi connectivity index (χ0n) is 15.7. The van der Waals surface area contributed by atoms with E-state index in [-0.39, 0.29) is 0 Å². The van der Waals surface area contributed by atoms with E-state index in [9.17, 15) is 4.57 Å². The Morgan fingerprint density at radius 3 is 1.50 bits per heavy atom. The smallest absolute Gasteiger partial charge is 0.248 e. The molecule has 0 radical (unpaired) electrons. The van der Waals surface area contributed by atoms with Crippen molar-refractivity contribution in [3.8, 4) is 0 Å². The highest BCUT2D eigenvalue weighted by molar-refractivity contribution is 7.78. The maximum absolute atomic E-state index is 14.5. The molecule has 0 bridgehead atoms. The molecule has 0 aliphatic heterocycles. The predicted molar refractivity (Wildman–Crippen MR) is 113 cm³/mol. The molecule has 0 fully saturated rings. The van der Waals surface area contributed by atoms with Crippen molar-refractivity contribution in [2.75, 3.05) is 0 Å². The van der Waals surface area contributed by atoms with Crippen LogP contribution in [-0.2, 0) is 4.57 Å². The largest absolute Gasteiger partial charge is 0.288 e. The standard InChI is InChI=1S/C23H24NOP/c1-17-10-8-11-18(2)22(17)26(25,23-19(3)12-9-13-20(23)4)24-16-21-14-6-5-7-15-21/h5-16H,1-4H3/b24-16+. The maximum Gasteiger partial charge on any atom is 0.248 e. The van der Waals surface area contributed by atoms with E-state index in [1.807, 2.05) is 94.4 Å². The van der Waals surface area contributed by atoms with Crippen molar-refractivity contribution in [3.05, 3.63) is 94.5 Å². The molecular weight excluding hydrogens is 337 g/mol. The Morgan fingerprint density at radius 1 is 0.654 bits per heavy atom. The van der Waals surface area contributed by atoms with Crippen molar-refractivity contribution in [3.63, 3.8) is 0 Å². The molecular formula is C23H24NOP. The molecule has 0 atom stereocenters. The molecule has 0 unspecified atom stereocenters. The quantitative estimate of drug-likeness (QED) is 0.460. The zero-order chi connectivity index (χ0) is 18.7. The summed E-state index contributed by atoms with van der Waals surface area (Å²) in [5, 5.41) is 1.70. The van der Waals surface area contributed by atoms with Crippen LogP contribution in [0.1, 0.15) is 27.8 Å². The van der Waals surface area contributed by atoms with Crippen LogP contribution in [0.25, 0.3) is 0 Å². The number of nitrogens with zero attached hydrogens (tertiary/aromatic N) is 1. The first-order chi connectivity index (χ1) is 12.4. The summed E-state index contributed by atoms with van der Waals surface area (Å²) in [6, 6.07) is 21.9. The molecule has 132 valence electrons. The summed E-state index contributed by atoms with van der Waals surface area (Å²) in [6.45, 7) is 8.06. The number of rotatable bonds is 4. The topological polar surface area (TPSA) is 29.4 Å². The summed E-state index contributed by atoms with van der Waals surface area (Å²) in [6.07, 6.45) is 1.75. The second-order valence-corrected chi connectivity index (χ2v) is 8.99. The van der Waals surface area contributed by atoms with Crippen molar-refractivity contribution in [2.24, 2.45) is 4.76 Å². The Kier molecular flexibility index (Phi) is 5.25. The van der Waals surface area contributed by atoms with Gasteiger partial charge in [0.25, 0.3) is 0 Å². The Labute approximate surface area is 156 Å². The monoisotopic (exact) mass is 361 g/mol. The summed E-state index contributed by atoms with van der Waals surface area (Å²) in [5.41, 5.74) is 5.01. The molecule has 3 rings (SSSR count). The van der Waals surface area contributed by atoms with Crippen molar-refractivity contribution < 1.29 is 4.57 Å². The predicted octanol–water partition coefficient (Wildman–Crippen LogP) is 5.27. The molecule has 0 saturated heterocycles. The Bertz CT molecular complexity index is 910. The fourth-order valence-corrected chi connectivity index (χ4v) is 6.44. The van der Waals surface area contributed by atoms with E-state index in [4.69, 9.17) is 4.76 Å².